The standard InChI is InChI=1S/C12H13NO2S/c1-8-4-3-5-10(6-8)7-13-9(2)11(16)12(14)15/h3-7,16H,1-2H3,(H,14,15)/b11-9-,13-7?. The summed E-state index contributed by atoms with van der Waals surface area (Å²) in [6.07, 6.45) is 1.63. The van der Waals surface area contributed by atoms with Crippen LogP contribution in [0.4, 0.5) is 0 Å². The van der Waals surface area contributed by atoms with E-state index < -0.39 is 5.97 Å². The first-order valence-corrected chi connectivity index (χ1v) is 5.19. The van der Waals surface area contributed by atoms with Crippen LogP contribution in [-0.4, -0.2) is 17.3 Å². The molecule has 0 radical (unpaired) electrons. The molecule has 0 spiro atoms. The van der Waals surface area contributed by atoms with Crippen LogP contribution in [0, 0.1) is 6.92 Å². The SMILES string of the molecule is C/C(N=Cc1cccc(C)c1)=C(/S)C(=O)O. The normalized spacial score (nSPS) is 12.7. The molecule has 84 valence electrons. The highest BCUT2D eigenvalue weighted by molar-refractivity contribution is 7.85. The van der Waals surface area contributed by atoms with Crippen LogP contribution >= 0.6 is 12.6 Å². The maximum Gasteiger partial charge on any atom is 0.343 e. The number of nitrogens with zero attached hydrogens (tertiary/aromatic N) is 1. The Morgan fingerprint density at radius 1 is 1.50 bits per heavy atom. The summed E-state index contributed by atoms with van der Waals surface area (Å²) in [5.74, 6) is -1.07. The Bertz CT molecular complexity index is 464. The van der Waals surface area contributed by atoms with Crippen LogP contribution in [0.15, 0.2) is 39.9 Å². The zero-order valence-electron chi connectivity index (χ0n) is 9.14. The maximum absolute atomic E-state index is 10.6. The van der Waals surface area contributed by atoms with Crippen molar-refractivity contribution in [2.24, 2.45) is 4.99 Å². The number of hydrogen-bond donors (Lipinski definition) is 2. The molecular weight excluding hydrogens is 222 g/mol. The van der Waals surface area contributed by atoms with Crippen molar-refractivity contribution in [2.45, 2.75) is 13.8 Å². The largest absolute Gasteiger partial charge is 0.477 e. The molecule has 0 aliphatic carbocycles. The first kappa shape index (κ1) is 12.5. The molecule has 0 saturated heterocycles. The topological polar surface area (TPSA) is 49.7 Å². The van der Waals surface area contributed by atoms with Crippen molar-refractivity contribution in [3.63, 3.8) is 0 Å². The van der Waals surface area contributed by atoms with Crippen LogP contribution in [0.25, 0.3) is 0 Å². The summed E-state index contributed by atoms with van der Waals surface area (Å²) in [6.45, 7) is 3.60. The summed E-state index contributed by atoms with van der Waals surface area (Å²) in [4.78, 5) is 14.6. The second-order valence-electron chi connectivity index (χ2n) is 3.41. The van der Waals surface area contributed by atoms with E-state index in [1.165, 1.54) is 0 Å². The first-order valence-electron chi connectivity index (χ1n) is 4.74. The van der Waals surface area contributed by atoms with Crippen LogP contribution in [0.3, 0.4) is 0 Å². The van der Waals surface area contributed by atoms with Gasteiger partial charge in [0.2, 0.25) is 0 Å². The van der Waals surface area contributed by atoms with Crippen LogP contribution in [0.5, 0.6) is 0 Å². The molecule has 0 fully saturated rings. The molecule has 1 aromatic carbocycles. The third kappa shape index (κ3) is 3.55. The fourth-order valence-corrected chi connectivity index (χ4v) is 1.20. The predicted molar refractivity (Wildman–Crippen MR) is 68.1 cm³/mol. The molecule has 0 unspecified atom stereocenters. The van der Waals surface area contributed by atoms with Crippen LogP contribution in [0.1, 0.15) is 18.1 Å². The number of aliphatic carboxylic acids is 1. The molecule has 0 atom stereocenters. The molecule has 1 N–H and O–H groups in total. The highest BCUT2D eigenvalue weighted by atomic mass is 32.1. The lowest BCUT2D eigenvalue weighted by atomic mass is 10.1. The molecule has 0 aromatic heterocycles. The van der Waals surface area contributed by atoms with Gasteiger partial charge in [-0.15, -0.1) is 12.6 Å². The average Bonchev–Trinajstić information content (AvgIpc) is 2.24. The van der Waals surface area contributed by atoms with E-state index in [1.54, 1.807) is 13.1 Å². The molecule has 1 aromatic rings. The maximum atomic E-state index is 10.6. The zero-order valence-corrected chi connectivity index (χ0v) is 10.0. The molecule has 3 nitrogen and oxygen atoms in total. The second kappa shape index (κ2) is 5.51. The predicted octanol–water partition coefficient (Wildman–Crippen LogP) is 2.66. The Morgan fingerprint density at radius 3 is 2.75 bits per heavy atom. The number of aryl methyl sites for hydroxylation is 1. The summed E-state index contributed by atoms with van der Waals surface area (Å²) in [6, 6.07) is 7.79. The number of rotatable bonds is 3. The monoisotopic (exact) mass is 235 g/mol. The van der Waals surface area contributed by atoms with Gasteiger partial charge in [0.25, 0.3) is 0 Å². The summed E-state index contributed by atoms with van der Waals surface area (Å²) >= 11 is 3.85. The Hall–Kier alpha value is -1.55. The third-order valence-corrected chi connectivity index (χ3v) is 2.51. The van der Waals surface area contributed by atoms with Crippen molar-refractivity contribution in [1.82, 2.24) is 0 Å². The van der Waals surface area contributed by atoms with E-state index in [0.717, 1.165) is 11.1 Å². The molecule has 0 amide bonds. The lowest BCUT2D eigenvalue weighted by molar-refractivity contribution is -0.131. The Labute approximate surface area is 99.9 Å². The third-order valence-electron chi connectivity index (χ3n) is 1.99. The quantitative estimate of drug-likeness (QED) is 0.481. The Balaban J connectivity index is 2.90. The summed E-state index contributed by atoms with van der Waals surface area (Å²) in [7, 11) is 0. The summed E-state index contributed by atoms with van der Waals surface area (Å²) in [5, 5.41) is 8.69. The number of benzene rings is 1. The van der Waals surface area contributed by atoms with Gasteiger partial charge in [0.05, 0.1) is 5.70 Å². The average molecular weight is 235 g/mol. The van der Waals surface area contributed by atoms with E-state index in [1.807, 2.05) is 31.2 Å². The van der Waals surface area contributed by atoms with E-state index in [0.29, 0.717) is 5.70 Å². The molecule has 0 aliphatic rings. The van der Waals surface area contributed by atoms with Gasteiger partial charge in [0.15, 0.2) is 0 Å². The van der Waals surface area contributed by atoms with Crippen molar-refractivity contribution >= 4 is 24.8 Å². The molecule has 16 heavy (non-hydrogen) atoms. The highest BCUT2D eigenvalue weighted by Gasteiger charge is 2.04. The minimum absolute atomic E-state index is 0.0381. The Kier molecular flexibility index (Phi) is 4.31. The number of hydrogen-bond acceptors (Lipinski definition) is 3. The molecule has 4 heteroatoms. The van der Waals surface area contributed by atoms with Gasteiger partial charge < -0.3 is 5.11 Å². The van der Waals surface area contributed by atoms with Gasteiger partial charge >= 0.3 is 5.97 Å². The number of allylic oxidation sites excluding steroid dienone is 1. The van der Waals surface area contributed by atoms with E-state index in [-0.39, 0.29) is 4.91 Å². The molecule has 0 bridgehead atoms. The smallest absolute Gasteiger partial charge is 0.343 e. The number of thiol groups is 1. The van der Waals surface area contributed by atoms with Crippen molar-refractivity contribution < 1.29 is 9.90 Å². The second-order valence-corrected chi connectivity index (χ2v) is 3.86. The van der Waals surface area contributed by atoms with Gasteiger partial charge in [0.1, 0.15) is 4.91 Å². The zero-order chi connectivity index (χ0) is 12.1. The fourth-order valence-electron chi connectivity index (χ4n) is 1.14. The molecule has 1 rings (SSSR count). The van der Waals surface area contributed by atoms with Gasteiger partial charge in [-0.3, -0.25) is 4.99 Å². The van der Waals surface area contributed by atoms with Crippen LogP contribution < -0.4 is 0 Å². The van der Waals surface area contributed by atoms with E-state index >= 15 is 0 Å². The van der Waals surface area contributed by atoms with Gasteiger partial charge in [-0.2, -0.15) is 0 Å². The van der Waals surface area contributed by atoms with Crippen molar-refractivity contribution in [3.05, 3.63) is 46.0 Å². The highest BCUT2D eigenvalue weighted by Crippen LogP contribution is 2.10. The van der Waals surface area contributed by atoms with Crippen molar-refractivity contribution in [1.29, 1.82) is 0 Å². The molecule has 0 heterocycles. The fraction of sp³-hybridized carbons (Fsp3) is 0.167. The minimum atomic E-state index is -1.07. The number of carbonyl (C=O) groups is 1. The first-order chi connectivity index (χ1) is 7.50. The number of aliphatic imine (C=N–C) groups is 1. The lowest BCUT2D eigenvalue weighted by Gasteiger charge is -1.97. The molecule has 0 saturated carbocycles. The van der Waals surface area contributed by atoms with Gasteiger partial charge in [-0.05, 0) is 19.4 Å². The van der Waals surface area contributed by atoms with Gasteiger partial charge in [-0.1, -0.05) is 29.8 Å². The van der Waals surface area contributed by atoms with Crippen molar-refractivity contribution in [3.8, 4) is 0 Å². The van der Waals surface area contributed by atoms with Crippen LogP contribution in [0.2, 0.25) is 0 Å². The summed E-state index contributed by atoms with van der Waals surface area (Å²) < 4.78 is 0. The lowest BCUT2D eigenvalue weighted by Crippen LogP contribution is -1.96. The van der Waals surface area contributed by atoms with Gasteiger partial charge in [0, 0.05) is 6.21 Å². The Morgan fingerprint density at radius 2 is 2.19 bits per heavy atom. The minimum Gasteiger partial charge on any atom is -0.477 e. The number of carboxylic acid groups (broad SMARTS) is 1. The van der Waals surface area contributed by atoms with Crippen LogP contribution in [-0.2, 0) is 4.79 Å². The van der Waals surface area contributed by atoms with E-state index in [9.17, 15) is 4.79 Å². The molecular formula is C12H13NO2S. The molecule has 0 aliphatic heterocycles. The van der Waals surface area contributed by atoms with Crippen molar-refractivity contribution in [2.75, 3.05) is 0 Å². The van der Waals surface area contributed by atoms with Gasteiger partial charge in [-0.25, -0.2) is 4.79 Å². The number of carboxylic acids is 1. The van der Waals surface area contributed by atoms with E-state index in [4.69, 9.17) is 5.11 Å². The van der Waals surface area contributed by atoms with E-state index in [2.05, 4.69) is 17.6 Å². The summed E-state index contributed by atoms with van der Waals surface area (Å²) in [5.41, 5.74) is 2.46.